The molecule has 0 saturated carbocycles. The van der Waals surface area contributed by atoms with Gasteiger partial charge in [0.15, 0.2) is 5.82 Å². The number of aryl methyl sites for hydroxylation is 1. The van der Waals surface area contributed by atoms with E-state index in [-0.39, 0.29) is 11.4 Å². The minimum Gasteiger partial charge on any atom is -0.495 e. The lowest BCUT2D eigenvalue weighted by atomic mass is 10.2. The number of nitrogens with one attached hydrogen (secondary N) is 1. The first-order valence-electron chi connectivity index (χ1n) is 7.80. The van der Waals surface area contributed by atoms with Crippen molar-refractivity contribution in [2.24, 2.45) is 0 Å². The van der Waals surface area contributed by atoms with Crippen molar-refractivity contribution >= 4 is 17.4 Å². The first-order valence-corrected chi connectivity index (χ1v) is 8.18. The van der Waals surface area contributed by atoms with E-state index in [9.17, 15) is 4.79 Å². The highest BCUT2D eigenvalue weighted by Crippen LogP contribution is 2.29. The van der Waals surface area contributed by atoms with Crippen molar-refractivity contribution in [3.05, 3.63) is 81.4 Å². The number of anilines is 1. The maximum absolute atomic E-state index is 12.8. The Bertz CT molecular complexity index is 939. The summed E-state index contributed by atoms with van der Waals surface area (Å²) in [6, 6.07) is 13.4. The highest BCUT2D eigenvalue weighted by atomic mass is 35.5. The number of halogens is 1. The molecular formula is C19H18ClN3O2. The number of aromatic nitrogens is 2. The second-order valence-corrected chi connectivity index (χ2v) is 5.97. The summed E-state index contributed by atoms with van der Waals surface area (Å²) in [6.45, 7) is 2.40. The summed E-state index contributed by atoms with van der Waals surface area (Å²) in [5.74, 6) is 0.805. The molecule has 0 spiro atoms. The van der Waals surface area contributed by atoms with Gasteiger partial charge in [-0.1, -0.05) is 41.9 Å². The molecule has 0 bridgehead atoms. The average molecular weight is 356 g/mol. The number of ether oxygens (including phenoxy) is 1. The van der Waals surface area contributed by atoms with E-state index in [0.29, 0.717) is 23.0 Å². The lowest BCUT2D eigenvalue weighted by Gasteiger charge is -2.14. The zero-order valence-corrected chi connectivity index (χ0v) is 14.7. The van der Waals surface area contributed by atoms with Crippen molar-refractivity contribution in [3.63, 3.8) is 0 Å². The summed E-state index contributed by atoms with van der Waals surface area (Å²) in [5.41, 5.74) is 2.30. The largest absolute Gasteiger partial charge is 0.495 e. The van der Waals surface area contributed by atoms with Crippen LogP contribution in [-0.2, 0) is 6.54 Å². The molecule has 0 saturated heterocycles. The number of methoxy groups -OCH3 is 1. The number of benzene rings is 2. The van der Waals surface area contributed by atoms with Gasteiger partial charge in [-0.25, -0.2) is 4.98 Å². The molecule has 25 heavy (non-hydrogen) atoms. The fraction of sp³-hybridized carbons (Fsp3) is 0.158. The van der Waals surface area contributed by atoms with Crippen LogP contribution in [0.1, 0.15) is 11.1 Å². The van der Waals surface area contributed by atoms with E-state index in [1.54, 1.807) is 25.6 Å². The van der Waals surface area contributed by atoms with Crippen molar-refractivity contribution in [1.82, 2.24) is 9.55 Å². The van der Waals surface area contributed by atoms with Gasteiger partial charge in [0, 0.05) is 30.0 Å². The summed E-state index contributed by atoms with van der Waals surface area (Å²) in [5, 5.41) is 3.68. The molecule has 0 aliphatic rings. The summed E-state index contributed by atoms with van der Waals surface area (Å²) in [7, 11) is 1.55. The molecular weight excluding hydrogens is 338 g/mol. The van der Waals surface area contributed by atoms with E-state index in [4.69, 9.17) is 16.3 Å². The van der Waals surface area contributed by atoms with Crippen molar-refractivity contribution in [3.8, 4) is 11.4 Å². The lowest BCUT2D eigenvalue weighted by Crippen LogP contribution is -2.23. The molecule has 2 aromatic carbocycles. The van der Waals surface area contributed by atoms with Gasteiger partial charge < -0.3 is 10.1 Å². The molecule has 5 nitrogen and oxygen atoms in total. The Morgan fingerprint density at radius 1 is 1.24 bits per heavy atom. The predicted octanol–water partition coefficient (Wildman–Crippen LogP) is 3.82. The molecule has 1 heterocycles. The number of hydrogen-bond acceptors (Lipinski definition) is 4. The fourth-order valence-electron chi connectivity index (χ4n) is 2.50. The third-order valence-electron chi connectivity index (χ3n) is 3.86. The van der Waals surface area contributed by atoms with Crippen LogP contribution >= 0.6 is 11.6 Å². The van der Waals surface area contributed by atoms with Gasteiger partial charge in [0.25, 0.3) is 5.56 Å². The third-order valence-corrected chi connectivity index (χ3v) is 4.27. The van der Waals surface area contributed by atoms with Gasteiger partial charge in [0.1, 0.15) is 5.75 Å². The molecule has 0 aliphatic heterocycles. The zero-order chi connectivity index (χ0) is 17.8. The van der Waals surface area contributed by atoms with Crippen LogP contribution in [0.2, 0.25) is 5.02 Å². The van der Waals surface area contributed by atoms with E-state index >= 15 is 0 Å². The second-order valence-electron chi connectivity index (χ2n) is 5.56. The van der Waals surface area contributed by atoms with Crippen LogP contribution in [0.15, 0.2) is 59.7 Å². The van der Waals surface area contributed by atoms with Gasteiger partial charge >= 0.3 is 0 Å². The van der Waals surface area contributed by atoms with E-state index in [1.807, 2.05) is 43.3 Å². The van der Waals surface area contributed by atoms with Crippen molar-refractivity contribution in [2.75, 3.05) is 12.4 Å². The Morgan fingerprint density at radius 2 is 2.00 bits per heavy atom. The maximum Gasteiger partial charge on any atom is 0.297 e. The van der Waals surface area contributed by atoms with Crippen LogP contribution in [0.3, 0.4) is 0 Å². The van der Waals surface area contributed by atoms with Gasteiger partial charge in [0.2, 0.25) is 0 Å². The van der Waals surface area contributed by atoms with Crippen LogP contribution in [-0.4, -0.2) is 16.7 Å². The molecule has 3 rings (SSSR count). The Morgan fingerprint density at radius 3 is 2.72 bits per heavy atom. The normalized spacial score (nSPS) is 10.5. The molecule has 1 aromatic heterocycles. The van der Waals surface area contributed by atoms with Crippen molar-refractivity contribution in [1.29, 1.82) is 0 Å². The topological polar surface area (TPSA) is 56.1 Å². The predicted molar refractivity (Wildman–Crippen MR) is 99.9 cm³/mol. The number of nitrogens with zero attached hydrogens (tertiary/aromatic N) is 2. The van der Waals surface area contributed by atoms with Gasteiger partial charge in [0.05, 0.1) is 12.8 Å². The Balaban J connectivity index is 1.97. The SMILES string of the molecule is COc1cc(Cl)c(C)cc1-n1ccnc(NCc2ccccc2)c1=O. The van der Waals surface area contributed by atoms with Gasteiger partial charge in [-0.3, -0.25) is 9.36 Å². The van der Waals surface area contributed by atoms with E-state index in [0.717, 1.165) is 11.1 Å². The molecule has 0 radical (unpaired) electrons. The molecule has 128 valence electrons. The summed E-state index contributed by atoms with van der Waals surface area (Å²) in [6.07, 6.45) is 3.19. The molecule has 0 amide bonds. The van der Waals surface area contributed by atoms with Gasteiger partial charge in [-0.05, 0) is 24.1 Å². The van der Waals surface area contributed by atoms with Crippen LogP contribution in [0.4, 0.5) is 5.82 Å². The van der Waals surface area contributed by atoms with Crippen molar-refractivity contribution in [2.45, 2.75) is 13.5 Å². The monoisotopic (exact) mass is 355 g/mol. The minimum absolute atomic E-state index is 0.251. The molecule has 0 fully saturated rings. The standard InChI is InChI=1S/C19H18ClN3O2/c1-13-10-16(17(25-2)11-15(13)20)23-9-8-21-18(19(23)24)22-12-14-6-4-3-5-7-14/h3-11H,12H2,1-2H3,(H,21,22). The van der Waals surface area contributed by atoms with Crippen molar-refractivity contribution < 1.29 is 4.74 Å². The second kappa shape index (κ2) is 7.40. The Hall–Kier alpha value is -2.79. The first kappa shape index (κ1) is 17.0. The molecule has 0 unspecified atom stereocenters. The fourth-order valence-corrected chi connectivity index (χ4v) is 2.66. The summed E-state index contributed by atoms with van der Waals surface area (Å²) < 4.78 is 6.88. The number of rotatable bonds is 5. The van der Waals surface area contributed by atoms with Crippen LogP contribution in [0.25, 0.3) is 5.69 Å². The molecule has 0 atom stereocenters. The molecule has 6 heteroatoms. The smallest absolute Gasteiger partial charge is 0.297 e. The Kier molecular flexibility index (Phi) is 5.05. The lowest BCUT2D eigenvalue weighted by molar-refractivity contribution is 0.412. The highest BCUT2D eigenvalue weighted by molar-refractivity contribution is 6.31. The molecule has 1 N–H and O–H groups in total. The van der Waals surface area contributed by atoms with E-state index in [2.05, 4.69) is 10.3 Å². The maximum atomic E-state index is 12.8. The van der Waals surface area contributed by atoms with E-state index < -0.39 is 0 Å². The Labute approximate surface area is 150 Å². The zero-order valence-electron chi connectivity index (χ0n) is 14.0. The summed E-state index contributed by atoms with van der Waals surface area (Å²) in [4.78, 5) is 17.0. The average Bonchev–Trinajstić information content (AvgIpc) is 2.64. The third kappa shape index (κ3) is 3.67. The quantitative estimate of drug-likeness (QED) is 0.756. The van der Waals surface area contributed by atoms with E-state index in [1.165, 1.54) is 4.57 Å². The van der Waals surface area contributed by atoms with Gasteiger partial charge in [-0.15, -0.1) is 0 Å². The van der Waals surface area contributed by atoms with Gasteiger partial charge in [-0.2, -0.15) is 0 Å². The van der Waals surface area contributed by atoms with Crippen LogP contribution < -0.4 is 15.6 Å². The van der Waals surface area contributed by atoms with Crippen LogP contribution in [0, 0.1) is 6.92 Å². The molecule has 3 aromatic rings. The van der Waals surface area contributed by atoms with Crippen LogP contribution in [0.5, 0.6) is 5.75 Å². The highest BCUT2D eigenvalue weighted by Gasteiger charge is 2.13. The molecule has 0 aliphatic carbocycles. The first-order chi connectivity index (χ1) is 12.1. The minimum atomic E-state index is -0.251. The number of hydrogen-bond donors (Lipinski definition) is 1. The summed E-state index contributed by atoms with van der Waals surface area (Å²) >= 11 is 6.15.